The molecule has 0 radical (unpaired) electrons. The van der Waals surface area contributed by atoms with E-state index >= 15 is 0 Å². The predicted molar refractivity (Wildman–Crippen MR) is 114 cm³/mol. The molecule has 0 unspecified atom stereocenters. The first-order chi connectivity index (χ1) is 13.8. The van der Waals surface area contributed by atoms with Crippen LogP contribution in [0.4, 0.5) is 5.82 Å². The van der Waals surface area contributed by atoms with Crippen molar-refractivity contribution in [3.8, 4) is 17.0 Å². The number of nitrogens with one attached hydrogen (secondary N) is 1. The van der Waals surface area contributed by atoms with E-state index in [1.807, 2.05) is 12.3 Å². The average molecular weight is 379 g/mol. The Bertz CT molecular complexity index is 927. The fraction of sp³-hybridized carbons (Fsp3) is 0.478. The predicted octanol–water partition coefficient (Wildman–Crippen LogP) is 5.63. The van der Waals surface area contributed by atoms with Gasteiger partial charge in [-0.3, -0.25) is 4.40 Å². The van der Waals surface area contributed by atoms with Crippen molar-refractivity contribution in [3.63, 3.8) is 0 Å². The van der Waals surface area contributed by atoms with Crippen molar-refractivity contribution >= 4 is 11.6 Å². The van der Waals surface area contributed by atoms with Gasteiger partial charge in [-0.2, -0.15) is 0 Å². The molecule has 3 aromatic rings. The molecule has 2 heterocycles. The van der Waals surface area contributed by atoms with Gasteiger partial charge in [-0.15, -0.1) is 0 Å². The van der Waals surface area contributed by atoms with E-state index in [0.717, 1.165) is 48.1 Å². The quantitative estimate of drug-likeness (QED) is 0.542. The number of hydrogen-bond acceptors (Lipinski definition) is 4. The van der Waals surface area contributed by atoms with Crippen LogP contribution in [0.5, 0.6) is 5.75 Å². The van der Waals surface area contributed by atoms with E-state index in [2.05, 4.69) is 46.7 Å². The summed E-state index contributed by atoms with van der Waals surface area (Å²) in [4.78, 5) is 9.33. The third-order valence-corrected chi connectivity index (χ3v) is 5.57. The first-order valence-electron chi connectivity index (χ1n) is 10.6. The van der Waals surface area contributed by atoms with Gasteiger partial charge < -0.3 is 10.1 Å². The monoisotopic (exact) mass is 378 g/mol. The first kappa shape index (κ1) is 18.8. The number of unbranched alkanes of at least 4 members (excludes halogenated alkanes) is 1. The summed E-state index contributed by atoms with van der Waals surface area (Å²) in [6, 6.07) is 8.77. The normalized spacial score (nSPS) is 15.1. The summed E-state index contributed by atoms with van der Waals surface area (Å²) in [5.41, 5.74) is 3.28. The van der Waals surface area contributed by atoms with Gasteiger partial charge in [0.1, 0.15) is 17.3 Å². The molecule has 4 rings (SSSR count). The maximum absolute atomic E-state index is 5.88. The highest BCUT2D eigenvalue weighted by Gasteiger charge is 2.21. The van der Waals surface area contributed by atoms with Crippen LogP contribution in [0.25, 0.3) is 17.0 Å². The number of nitrogens with zero attached hydrogens (tertiary/aromatic N) is 3. The Morgan fingerprint density at radius 2 is 2.07 bits per heavy atom. The summed E-state index contributed by atoms with van der Waals surface area (Å²) < 4.78 is 7.95. The Balaban J connectivity index is 1.68. The van der Waals surface area contributed by atoms with Crippen molar-refractivity contribution in [2.24, 2.45) is 0 Å². The highest BCUT2D eigenvalue weighted by Crippen LogP contribution is 2.34. The lowest BCUT2D eigenvalue weighted by atomic mass is 9.95. The summed E-state index contributed by atoms with van der Waals surface area (Å²) in [7, 11) is 0. The molecule has 0 atom stereocenters. The summed E-state index contributed by atoms with van der Waals surface area (Å²) >= 11 is 0. The second-order valence-corrected chi connectivity index (χ2v) is 7.76. The van der Waals surface area contributed by atoms with Crippen LogP contribution < -0.4 is 10.1 Å². The second kappa shape index (κ2) is 8.63. The molecule has 148 valence electrons. The Morgan fingerprint density at radius 3 is 2.86 bits per heavy atom. The molecule has 5 heteroatoms. The minimum Gasteiger partial charge on any atom is -0.494 e. The zero-order valence-electron chi connectivity index (χ0n) is 16.9. The summed E-state index contributed by atoms with van der Waals surface area (Å²) in [6.07, 6.45) is 12.4. The molecule has 28 heavy (non-hydrogen) atoms. The summed E-state index contributed by atoms with van der Waals surface area (Å²) in [5, 5.41) is 3.78. The maximum atomic E-state index is 5.88. The molecule has 0 bridgehead atoms. The van der Waals surface area contributed by atoms with Gasteiger partial charge in [0.2, 0.25) is 5.78 Å². The third kappa shape index (κ3) is 3.98. The van der Waals surface area contributed by atoms with Crippen molar-refractivity contribution in [1.82, 2.24) is 14.4 Å². The molecule has 0 saturated heterocycles. The van der Waals surface area contributed by atoms with E-state index in [9.17, 15) is 0 Å². The van der Waals surface area contributed by atoms with Crippen LogP contribution in [-0.2, 0) is 0 Å². The average Bonchev–Trinajstić information content (AvgIpc) is 3.07. The third-order valence-electron chi connectivity index (χ3n) is 5.57. The van der Waals surface area contributed by atoms with Crippen LogP contribution in [0.1, 0.15) is 57.4 Å². The van der Waals surface area contributed by atoms with Crippen LogP contribution in [-0.4, -0.2) is 27.0 Å². The Hall–Kier alpha value is -2.56. The molecular formula is C23H30N4O. The SMILES string of the molecule is CCCCOc1ccc(-c2nc3ncccn3c2NC2CCCCC2)c(C)c1. The number of aromatic nitrogens is 3. The Kier molecular flexibility index (Phi) is 5.79. The van der Waals surface area contributed by atoms with Crippen LogP contribution in [0.3, 0.4) is 0 Å². The molecule has 1 fully saturated rings. The Labute approximate surface area is 167 Å². The van der Waals surface area contributed by atoms with E-state index in [0.29, 0.717) is 6.04 Å². The van der Waals surface area contributed by atoms with E-state index in [1.165, 1.54) is 37.7 Å². The van der Waals surface area contributed by atoms with Crippen molar-refractivity contribution in [3.05, 3.63) is 42.2 Å². The van der Waals surface area contributed by atoms with E-state index in [4.69, 9.17) is 9.72 Å². The molecule has 1 aromatic carbocycles. The molecular weight excluding hydrogens is 348 g/mol. The number of imidazole rings is 1. The van der Waals surface area contributed by atoms with E-state index in [-0.39, 0.29) is 0 Å². The van der Waals surface area contributed by atoms with Gasteiger partial charge >= 0.3 is 0 Å². The highest BCUT2D eigenvalue weighted by molar-refractivity contribution is 5.78. The lowest BCUT2D eigenvalue weighted by Crippen LogP contribution is -2.23. The molecule has 1 aliphatic rings. The molecule has 0 amide bonds. The molecule has 1 N–H and O–H groups in total. The fourth-order valence-corrected chi connectivity index (χ4v) is 3.98. The van der Waals surface area contributed by atoms with E-state index < -0.39 is 0 Å². The molecule has 0 aliphatic heterocycles. The zero-order chi connectivity index (χ0) is 19.3. The molecule has 1 saturated carbocycles. The van der Waals surface area contributed by atoms with Crippen molar-refractivity contribution in [2.75, 3.05) is 11.9 Å². The number of anilines is 1. The topological polar surface area (TPSA) is 51.5 Å². The smallest absolute Gasteiger partial charge is 0.235 e. The molecule has 0 spiro atoms. The highest BCUT2D eigenvalue weighted by atomic mass is 16.5. The molecule has 2 aromatic heterocycles. The molecule has 5 nitrogen and oxygen atoms in total. The van der Waals surface area contributed by atoms with E-state index in [1.54, 1.807) is 6.20 Å². The van der Waals surface area contributed by atoms with Crippen molar-refractivity contribution < 1.29 is 4.74 Å². The van der Waals surface area contributed by atoms with Crippen LogP contribution in [0.2, 0.25) is 0 Å². The van der Waals surface area contributed by atoms with Crippen molar-refractivity contribution in [2.45, 2.75) is 64.8 Å². The van der Waals surface area contributed by atoms with Gasteiger partial charge in [0.15, 0.2) is 0 Å². The number of fused-ring (bicyclic) bond motifs is 1. The number of aryl methyl sites for hydroxylation is 1. The molecule has 1 aliphatic carbocycles. The second-order valence-electron chi connectivity index (χ2n) is 7.76. The van der Waals surface area contributed by atoms with Crippen LogP contribution in [0.15, 0.2) is 36.7 Å². The van der Waals surface area contributed by atoms with Gasteiger partial charge in [-0.1, -0.05) is 32.6 Å². The standard InChI is InChI=1S/C23H30N4O/c1-3-4-15-28-19-11-12-20(17(2)16-19)21-22(25-18-9-6-5-7-10-18)27-14-8-13-24-23(27)26-21/h8,11-14,16,18,25H,3-7,9-10,15H2,1-2H3. The van der Waals surface area contributed by atoms with Gasteiger partial charge in [0.25, 0.3) is 0 Å². The minimum absolute atomic E-state index is 0.504. The summed E-state index contributed by atoms with van der Waals surface area (Å²) in [5.74, 6) is 2.72. The number of ether oxygens (including phenoxy) is 1. The lowest BCUT2D eigenvalue weighted by Gasteiger charge is -2.24. The van der Waals surface area contributed by atoms with Gasteiger partial charge in [-0.25, -0.2) is 9.97 Å². The lowest BCUT2D eigenvalue weighted by molar-refractivity contribution is 0.309. The van der Waals surface area contributed by atoms with Crippen molar-refractivity contribution in [1.29, 1.82) is 0 Å². The number of benzene rings is 1. The van der Waals surface area contributed by atoms with Gasteiger partial charge in [0, 0.05) is 24.0 Å². The van der Waals surface area contributed by atoms with Gasteiger partial charge in [-0.05, 0) is 56.0 Å². The minimum atomic E-state index is 0.504. The fourth-order valence-electron chi connectivity index (χ4n) is 3.98. The largest absolute Gasteiger partial charge is 0.494 e. The first-order valence-corrected chi connectivity index (χ1v) is 10.6. The maximum Gasteiger partial charge on any atom is 0.235 e. The summed E-state index contributed by atoms with van der Waals surface area (Å²) in [6.45, 7) is 5.07. The Morgan fingerprint density at radius 1 is 1.21 bits per heavy atom. The van der Waals surface area contributed by atoms with Gasteiger partial charge in [0.05, 0.1) is 6.61 Å². The number of rotatable bonds is 7. The van der Waals surface area contributed by atoms with Crippen LogP contribution in [0, 0.1) is 6.92 Å². The number of hydrogen-bond donors (Lipinski definition) is 1. The van der Waals surface area contributed by atoms with Crippen LogP contribution >= 0.6 is 0 Å². The zero-order valence-corrected chi connectivity index (χ0v) is 16.9.